The third kappa shape index (κ3) is 2.82. The molecule has 4 nitrogen and oxygen atoms in total. The number of nitrogens with one attached hydrogen (secondary N) is 1. The van der Waals surface area contributed by atoms with Crippen molar-refractivity contribution >= 4 is 42.6 Å². The van der Waals surface area contributed by atoms with Crippen LogP contribution in [-0.2, 0) is 10.2 Å². The van der Waals surface area contributed by atoms with Crippen molar-refractivity contribution in [1.29, 1.82) is 0 Å². The van der Waals surface area contributed by atoms with E-state index >= 15 is 0 Å². The second kappa shape index (κ2) is 5.35. The standard InChI is InChI=1S/C14H15BrN2O2S/c15-13-5-3-12-10-14(6-4-11(12)9-13)16-20(18,19)17-7-1-2-8-17/h3-6,9-10,16H,1-2,7-8H2. The Hall–Kier alpha value is -1.11. The van der Waals surface area contributed by atoms with Crippen molar-refractivity contribution in [3.05, 3.63) is 40.9 Å². The zero-order chi connectivity index (χ0) is 14.2. The van der Waals surface area contributed by atoms with Gasteiger partial charge in [0.25, 0.3) is 0 Å². The van der Waals surface area contributed by atoms with E-state index in [4.69, 9.17) is 0 Å². The Kier molecular flexibility index (Phi) is 3.70. The highest BCUT2D eigenvalue weighted by Crippen LogP contribution is 2.24. The summed E-state index contributed by atoms with van der Waals surface area (Å²) in [6.45, 7) is 1.21. The van der Waals surface area contributed by atoms with Crippen LogP contribution in [-0.4, -0.2) is 25.8 Å². The number of nitrogens with zero attached hydrogens (tertiary/aromatic N) is 1. The van der Waals surface area contributed by atoms with Crippen LogP contribution in [0.25, 0.3) is 10.8 Å². The molecule has 0 radical (unpaired) electrons. The van der Waals surface area contributed by atoms with Crippen LogP contribution in [0.5, 0.6) is 0 Å². The van der Waals surface area contributed by atoms with E-state index in [9.17, 15) is 8.42 Å². The quantitative estimate of drug-likeness (QED) is 0.918. The summed E-state index contributed by atoms with van der Waals surface area (Å²) < 4.78 is 29.6. The van der Waals surface area contributed by atoms with Gasteiger partial charge in [-0.25, -0.2) is 0 Å². The summed E-state index contributed by atoms with van der Waals surface area (Å²) in [5.41, 5.74) is 0.603. The van der Waals surface area contributed by atoms with Gasteiger partial charge in [0.05, 0.1) is 5.69 Å². The fraction of sp³-hybridized carbons (Fsp3) is 0.286. The van der Waals surface area contributed by atoms with Crippen molar-refractivity contribution in [2.75, 3.05) is 17.8 Å². The Morgan fingerprint density at radius 3 is 2.40 bits per heavy atom. The van der Waals surface area contributed by atoms with E-state index in [-0.39, 0.29) is 0 Å². The van der Waals surface area contributed by atoms with Gasteiger partial charge >= 0.3 is 10.2 Å². The first kappa shape index (κ1) is 13.9. The lowest BCUT2D eigenvalue weighted by molar-refractivity contribution is 0.482. The van der Waals surface area contributed by atoms with Gasteiger partial charge in [-0.15, -0.1) is 0 Å². The minimum atomic E-state index is -3.42. The van der Waals surface area contributed by atoms with Crippen LogP contribution in [0, 0.1) is 0 Å². The molecule has 2 aromatic carbocycles. The molecule has 0 unspecified atom stereocenters. The maximum absolute atomic E-state index is 12.2. The predicted octanol–water partition coefficient (Wildman–Crippen LogP) is 3.35. The number of benzene rings is 2. The lowest BCUT2D eigenvalue weighted by Gasteiger charge is -2.17. The predicted molar refractivity (Wildman–Crippen MR) is 85.0 cm³/mol. The Morgan fingerprint density at radius 1 is 1.00 bits per heavy atom. The van der Waals surface area contributed by atoms with Crippen molar-refractivity contribution in [2.24, 2.45) is 0 Å². The molecule has 0 aliphatic carbocycles. The van der Waals surface area contributed by atoms with Gasteiger partial charge in [-0.1, -0.05) is 28.1 Å². The maximum Gasteiger partial charge on any atom is 0.301 e. The van der Waals surface area contributed by atoms with E-state index in [0.29, 0.717) is 18.8 Å². The molecule has 1 saturated heterocycles. The van der Waals surface area contributed by atoms with Crippen molar-refractivity contribution in [3.8, 4) is 0 Å². The molecule has 0 saturated carbocycles. The third-order valence-corrected chi connectivity index (χ3v) is 5.49. The van der Waals surface area contributed by atoms with Gasteiger partial charge in [0.1, 0.15) is 0 Å². The second-order valence-corrected chi connectivity index (χ2v) is 7.51. The normalized spacial score (nSPS) is 16.6. The summed E-state index contributed by atoms with van der Waals surface area (Å²) in [5, 5.41) is 2.08. The van der Waals surface area contributed by atoms with Crippen LogP contribution in [0.1, 0.15) is 12.8 Å². The summed E-state index contributed by atoms with van der Waals surface area (Å²) >= 11 is 3.43. The van der Waals surface area contributed by atoms with Gasteiger partial charge in [0, 0.05) is 17.6 Å². The maximum atomic E-state index is 12.2. The molecular formula is C14H15BrN2O2S. The van der Waals surface area contributed by atoms with Crippen molar-refractivity contribution in [3.63, 3.8) is 0 Å². The third-order valence-electron chi connectivity index (χ3n) is 3.45. The monoisotopic (exact) mass is 354 g/mol. The van der Waals surface area contributed by atoms with Crippen LogP contribution in [0.3, 0.4) is 0 Å². The lowest BCUT2D eigenvalue weighted by Crippen LogP contribution is -2.33. The van der Waals surface area contributed by atoms with Crippen LogP contribution >= 0.6 is 15.9 Å². The molecule has 0 bridgehead atoms. The Bertz CT molecular complexity index is 740. The van der Waals surface area contributed by atoms with Crippen LogP contribution in [0.2, 0.25) is 0 Å². The van der Waals surface area contributed by atoms with E-state index in [1.807, 2.05) is 30.3 Å². The SMILES string of the molecule is O=S(=O)(Nc1ccc2cc(Br)ccc2c1)N1CCCC1. The Labute approximate surface area is 127 Å². The van der Waals surface area contributed by atoms with Gasteiger partial charge in [-0.3, -0.25) is 4.72 Å². The molecule has 1 aliphatic heterocycles. The summed E-state index contributed by atoms with van der Waals surface area (Å²) in [4.78, 5) is 0. The topological polar surface area (TPSA) is 49.4 Å². The summed E-state index contributed by atoms with van der Waals surface area (Å²) in [6, 6.07) is 11.5. The lowest BCUT2D eigenvalue weighted by atomic mass is 10.1. The van der Waals surface area contributed by atoms with Crippen LogP contribution < -0.4 is 4.72 Å². The number of hydrogen-bond acceptors (Lipinski definition) is 2. The zero-order valence-corrected chi connectivity index (χ0v) is 13.2. The molecule has 3 rings (SSSR count). The molecule has 0 atom stereocenters. The molecule has 1 fully saturated rings. The molecule has 0 aromatic heterocycles. The number of hydrogen-bond donors (Lipinski definition) is 1. The van der Waals surface area contributed by atoms with Crippen molar-refractivity contribution in [1.82, 2.24) is 4.31 Å². The van der Waals surface area contributed by atoms with E-state index in [1.54, 1.807) is 6.07 Å². The molecule has 2 aromatic rings. The smallest absolute Gasteiger partial charge is 0.271 e. The Morgan fingerprint density at radius 2 is 1.65 bits per heavy atom. The molecule has 1 heterocycles. The average molecular weight is 355 g/mol. The number of rotatable bonds is 3. The molecule has 0 amide bonds. The largest absolute Gasteiger partial charge is 0.301 e. The second-order valence-electron chi connectivity index (χ2n) is 4.92. The summed E-state index contributed by atoms with van der Waals surface area (Å²) in [5.74, 6) is 0. The van der Waals surface area contributed by atoms with Gasteiger partial charge in [-0.05, 0) is 47.9 Å². The zero-order valence-electron chi connectivity index (χ0n) is 10.8. The van der Waals surface area contributed by atoms with E-state index in [2.05, 4.69) is 20.7 Å². The van der Waals surface area contributed by atoms with Crippen LogP contribution in [0.4, 0.5) is 5.69 Å². The minimum Gasteiger partial charge on any atom is -0.271 e. The molecular weight excluding hydrogens is 340 g/mol. The highest BCUT2D eigenvalue weighted by molar-refractivity contribution is 9.10. The summed E-state index contributed by atoms with van der Waals surface area (Å²) in [6.07, 6.45) is 1.87. The fourth-order valence-electron chi connectivity index (χ4n) is 2.42. The first-order valence-corrected chi connectivity index (χ1v) is 8.75. The molecule has 0 spiro atoms. The van der Waals surface area contributed by atoms with E-state index in [1.165, 1.54) is 4.31 Å². The highest BCUT2D eigenvalue weighted by Gasteiger charge is 2.24. The molecule has 6 heteroatoms. The first-order valence-electron chi connectivity index (χ1n) is 6.52. The molecule has 1 aliphatic rings. The molecule has 1 N–H and O–H groups in total. The van der Waals surface area contributed by atoms with Gasteiger partial charge < -0.3 is 0 Å². The number of fused-ring (bicyclic) bond motifs is 1. The summed E-state index contributed by atoms with van der Waals surface area (Å²) in [7, 11) is -3.42. The minimum absolute atomic E-state index is 0.603. The van der Waals surface area contributed by atoms with Gasteiger partial charge in [0.15, 0.2) is 0 Å². The molecule has 106 valence electrons. The Balaban J connectivity index is 1.89. The average Bonchev–Trinajstić information content (AvgIpc) is 2.93. The van der Waals surface area contributed by atoms with Crippen molar-refractivity contribution in [2.45, 2.75) is 12.8 Å². The number of anilines is 1. The van der Waals surface area contributed by atoms with Gasteiger partial charge in [-0.2, -0.15) is 12.7 Å². The number of halogens is 1. The van der Waals surface area contributed by atoms with E-state index in [0.717, 1.165) is 28.1 Å². The van der Waals surface area contributed by atoms with Crippen LogP contribution in [0.15, 0.2) is 40.9 Å². The fourth-order valence-corrected chi connectivity index (χ4v) is 4.09. The van der Waals surface area contributed by atoms with E-state index < -0.39 is 10.2 Å². The van der Waals surface area contributed by atoms with Crippen molar-refractivity contribution < 1.29 is 8.42 Å². The highest BCUT2D eigenvalue weighted by atomic mass is 79.9. The first-order chi connectivity index (χ1) is 9.54. The van der Waals surface area contributed by atoms with Gasteiger partial charge in [0.2, 0.25) is 0 Å². The molecule has 20 heavy (non-hydrogen) atoms.